The minimum Gasteiger partial charge on any atom is -0.379 e. The second kappa shape index (κ2) is 7.80. The number of alkyl halides is 1. The number of hydrogen-bond acceptors (Lipinski definition) is 2. The van der Waals surface area contributed by atoms with Gasteiger partial charge in [0.25, 0.3) is 0 Å². The van der Waals surface area contributed by atoms with Gasteiger partial charge in [-0.2, -0.15) is 0 Å². The molecule has 0 aliphatic carbocycles. The van der Waals surface area contributed by atoms with E-state index in [0.29, 0.717) is 12.5 Å². The number of nitrogens with one attached hydrogen (secondary N) is 1. The third kappa shape index (κ3) is 5.22. The van der Waals surface area contributed by atoms with Gasteiger partial charge in [0.2, 0.25) is 0 Å². The molecule has 0 aliphatic heterocycles. The van der Waals surface area contributed by atoms with Gasteiger partial charge in [0.15, 0.2) is 0 Å². The van der Waals surface area contributed by atoms with Gasteiger partial charge in [-0.25, -0.2) is 0 Å². The highest BCUT2D eigenvalue weighted by Gasteiger charge is 1.90. The molecule has 0 radical (unpaired) electrons. The number of benzene rings is 1. The summed E-state index contributed by atoms with van der Waals surface area (Å²) >= 11 is 5.46. The van der Waals surface area contributed by atoms with Gasteiger partial charge < -0.3 is 10.1 Å². The van der Waals surface area contributed by atoms with Crippen LogP contribution in [0.1, 0.15) is 5.56 Å². The van der Waals surface area contributed by atoms with E-state index in [9.17, 15) is 0 Å². The first-order valence-corrected chi connectivity index (χ1v) is 5.35. The molecule has 0 heterocycles. The van der Waals surface area contributed by atoms with Gasteiger partial charge in [-0.1, -0.05) is 30.3 Å². The zero-order valence-electron chi connectivity index (χ0n) is 8.21. The largest absolute Gasteiger partial charge is 0.379 e. The van der Waals surface area contributed by atoms with Gasteiger partial charge >= 0.3 is 0 Å². The molecule has 2 nitrogen and oxygen atoms in total. The SMILES string of the molecule is ClCCOCCNCc1ccccc1. The van der Waals surface area contributed by atoms with E-state index in [1.165, 1.54) is 5.56 Å². The molecule has 0 fully saturated rings. The van der Waals surface area contributed by atoms with E-state index in [-0.39, 0.29) is 0 Å². The maximum Gasteiger partial charge on any atom is 0.0602 e. The van der Waals surface area contributed by atoms with Crippen molar-refractivity contribution in [2.45, 2.75) is 6.54 Å². The lowest BCUT2D eigenvalue weighted by Crippen LogP contribution is -2.19. The molecule has 3 heteroatoms. The fourth-order valence-corrected chi connectivity index (χ4v) is 1.24. The minimum atomic E-state index is 0.568. The first-order valence-electron chi connectivity index (χ1n) is 4.82. The molecule has 1 N–H and O–H groups in total. The molecule has 0 spiro atoms. The molecule has 14 heavy (non-hydrogen) atoms. The van der Waals surface area contributed by atoms with Crippen LogP contribution in [0.15, 0.2) is 30.3 Å². The molecular formula is C11H16ClNO. The Morgan fingerprint density at radius 1 is 1.14 bits per heavy atom. The summed E-state index contributed by atoms with van der Waals surface area (Å²) < 4.78 is 5.23. The molecule has 1 aromatic carbocycles. The Morgan fingerprint density at radius 3 is 2.64 bits per heavy atom. The Morgan fingerprint density at radius 2 is 1.93 bits per heavy atom. The van der Waals surface area contributed by atoms with E-state index < -0.39 is 0 Å². The maximum absolute atomic E-state index is 5.46. The molecule has 0 saturated heterocycles. The van der Waals surface area contributed by atoms with Crippen LogP contribution >= 0.6 is 11.6 Å². The monoisotopic (exact) mass is 213 g/mol. The third-order valence-corrected chi connectivity index (χ3v) is 1.97. The molecule has 0 aromatic heterocycles. The molecule has 78 valence electrons. The summed E-state index contributed by atoms with van der Waals surface area (Å²) in [6, 6.07) is 10.3. The van der Waals surface area contributed by atoms with E-state index in [1.807, 2.05) is 18.2 Å². The zero-order valence-corrected chi connectivity index (χ0v) is 8.96. The Bertz CT molecular complexity index is 228. The van der Waals surface area contributed by atoms with Gasteiger partial charge in [-0.05, 0) is 5.56 Å². The van der Waals surface area contributed by atoms with Crippen molar-refractivity contribution in [1.29, 1.82) is 0 Å². The van der Waals surface area contributed by atoms with Crippen molar-refractivity contribution < 1.29 is 4.74 Å². The van der Waals surface area contributed by atoms with Gasteiger partial charge in [0, 0.05) is 19.0 Å². The third-order valence-electron chi connectivity index (χ3n) is 1.82. The van der Waals surface area contributed by atoms with Crippen LogP contribution in [-0.2, 0) is 11.3 Å². The highest BCUT2D eigenvalue weighted by atomic mass is 35.5. The number of hydrogen-bond donors (Lipinski definition) is 1. The fraction of sp³-hybridized carbons (Fsp3) is 0.455. The molecular weight excluding hydrogens is 198 g/mol. The highest BCUT2D eigenvalue weighted by Crippen LogP contribution is 1.96. The standard InChI is InChI=1S/C11H16ClNO/c12-6-8-14-9-7-13-10-11-4-2-1-3-5-11/h1-5,13H,6-10H2. The van der Waals surface area contributed by atoms with Crippen molar-refractivity contribution in [2.75, 3.05) is 25.6 Å². The Balaban J connectivity index is 1.99. The van der Waals surface area contributed by atoms with Crippen LogP contribution in [0.3, 0.4) is 0 Å². The van der Waals surface area contributed by atoms with Crippen molar-refractivity contribution in [1.82, 2.24) is 5.32 Å². The molecule has 1 rings (SSSR count). The van der Waals surface area contributed by atoms with Crippen LogP contribution in [0.25, 0.3) is 0 Å². The second-order valence-corrected chi connectivity index (χ2v) is 3.34. The summed E-state index contributed by atoms with van der Waals surface area (Å²) in [7, 11) is 0. The van der Waals surface area contributed by atoms with Crippen LogP contribution < -0.4 is 5.32 Å². The van der Waals surface area contributed by atoms with Gasteiger partial charge in [0.1, 0.15) is 0 Å². The molecule has 0 bridgehead atoms. The Hall–Kier alpha value is -0.570. The van der Waals surface area contributed by atoms with Crippen molar-refractivity contribution in [3.05, 3.63) is 35.9 Å². The highest BCUT2D eigenvalue weighted by molar-refractivity contribution is 6.17. The predicted octanol–water partition coefficient (Wildman–Crippen LogP) is 2.03. The number of ether oxygens (including phenoxy) is 1. The van der Waals surface area contributed by atoms with Crippen molar-refractivity contribution >= 4 is 11.6 Å². The molecule has 0 amide bonds. The van der Waals surface area contributed by atoms with Gasteiger partial charge in [-0.3, -0.25) is 0 Å². The van der Waals surface area contributed by atoms with Crippen LogP contribution in [0.4, 0.5) is 0 Å². The maximum atomic E-state index is 5.46. The summed E-state index contributed by atoms with van der Waals surface area (Å²) in [4.78, 5) is 0. The number of rotatable bonds is 7. The zero-order chi connectivity index (χ0) is 10.1. The van der Waals surface area contributed by atoms with Gasteiger partial charge in [0.05, 0.1) is 13.2 Å². The van der Waals surface area contributed by atoms with Crippen LogP contribution in [0, 0.1) is 0 Å². The summed E-state index contributed by atoms with van der Waals surface area (Å²) in [6.45, 7) is 3.12. The van der Waals surface area contributed by atoms with E-state index in [0.717, 1.165) is 19.7 Å². The van der Waals surface area contributed by atoms with Crippen molar-refractivity contribution in [3.8, 4) is 0 Å². The molecule has 1 aromatic rings. The molecule has 0 aliphatic rings. The smallest absolute Gasteiger partial charge is 0.0602 e. The fourth-order valence-electron chi connectivity index (χ4n) is 1.13. The summed E-state index contributed by atoms with van der Waals surface area (Å²) in [5, 5.41) is 3.29. The summed E-state index contributed by atoms with van der Waals surface area (Å²) in [6.07, 6.45) is 0. The minimum absolute atomic E-state index is 0.568. The Labute approximate surface area is 90.2 Å². The topological polar surface area (TPSA) is 21.3 Å². The quantitative estimate of drug-likeness (QED) is 0.553. The van der Waals surface area contributed by atoms with E-state index in [4.69, 9.17) is 16.3 Å². The average Bonchev–Trinajstić information content (AvgIpc) is 2.25. The average molecular weight is 214 g/mol. The predicted molar refractivity (Wildman–Crippen MR) is 59.7 cm³/mol. The van der Waals surface area contributed by atoms with Crippen molar-refractivity contribution in [2.24, 2.45) is 0 Å². The van der Waals surface area contributed by atoms with Crippen molar-refractivity contribution in [3.63, 3.8) is 0 Å². The lowest BCUT2D eigenvalue weighted by atomic mass is 10.2. The molecule has 0 unspecified atom stereocenters. The Kier molecular flexibility index (Phi) is 6.41. The lowest BCUT2D eigenvalue weighted by molar-refractivity contribution is 0.151. The van der Waals surface area contributed by atoms with Gasteiger partial charge in [-0.15, -0.1) is 11.6 Å². The van der Waals surface area contributed by atoms with E-state index >= 15 is 0 Å². The first kappa shape index (κ1) is 11.5. The van der Waals surface area contributed by atoms with Crippen LogP contribution in [-0.4, -0.2) is 25.6 Å². The first-order chi connectivity index (χ1) is 6.93. The molecule has 0 atom stereocenters. The van der Waals surface area contributed by atoms with Crippen LogP contribution in [0.5, 0.6) is 0 Å². The van der Waals surface area contributed by atoms with Crippen LogP contribution in [0.2, 0.25) is 0 Å². The summed E-state index contributed by atoms with van der Waals surface area (Å²) in [5.41, 5.74) is 1.30. The van der Waals surface area contributed by atoms with E-state index in [1.54, 1.807) is 0 Å². The van der Waals surface area contributed by atoms with E-state index in [2.05, 4.69) is 17.4 Å². The lowest BCUT2D eigenvalue weighted by Gasteiger charge is -2.04. The molecule has 0 saturated carbocycles. The summed E-state index contributed by atoms with van der Waals surface area (Å²) in [5.74, 6) is 0.568. The normalized spacial score (nSPS) is 10.4. The number of halogens is 1. The second-order valence-electron chi connectivity index (χ2n) is 2.96.